The highest BCUT2D eigenvalue weighted by molar-refractivity contribution is 4.86. The summed E-state index contributed by atoms with van der Waals surface area (Å²) in [5, 5.41) is 3.18. The maximum Gasteiger partial charge on any atom is 0.0574 e. The normalized spacial score (nSPS) is 13.3. The van der Waals surface area contributed by atoms with E-state index >= 15 is 0 Å². The van der Waals surface area contributed by atoms with Crippen molar-refractivity contribution >= 4 is 0 Å². The highest BCUT2D eigenvalue weighted by Crippen LogP contribution is 2.06. The van der Waals surface area contributed by atoms with Crippen molar-refractivity contribution in [2.24, 2.45) is 5.92 Å². The first-order valence-electron chi connectivity index (χ1n) is 4.94. The first-order valence-corrected chi connectivity index (χ1v) is 4.94. The van der Waals surface area contributed by atoms with Gasteiger partial charge in [0.15, 0.2) is 0 Å². The number of likely N-dealkylation sites (N-methyl/N-ethyl adjacent to an activating group) is 1. The molecule has 76 valence electrons. The van der Waals surface area contributed by atoms with Crippen LogP contribution in [0.5, 0.6) is 0 Å². The van der Waals surface area contributed by atoms with Crippen molar-refractivity contribution < 1.29 is 0 Å². The minimum atomic E-state index is 0.632. The lowest BCUT2D eigenvalue weighted by atomic mass is 10.1. The van der Waals surface area contributed by atoms with Crippen molar-refractivity contribution in [2.45, 2.75) is 26.8 Å². The summed E-state index contributed by atoms with van der Waals surface area (Å²) in [6, 6.07) is 0.632. The first kappa shape index (κ1) is 12.5. The Morgan fingerprint density at radius 2 is 2.00 bits per heavy atom. The fourth-order valence-corrected chi connectivity index (χ4v) is 1.13. The van der Waals surface area contributed by atoms with Crippen LogP contribution in [0, 0.1) is 18.3 Å². The highest BCUT2D eigenvalue weighted by atomic mass is 15.1. The third-order valence-electron chi connectivity index (χ3n) is 2.53. The summed E-state index contributed by atoms with van der Waals surface area (Å²) >= 11 is 0. The topological polar surface area (TPSA) is 15.3 Å². The van der Waals surface area contributed by atoms with E-state index in [1.807, 2.05) is 0 Å². The number of hydrogen-bond acceptors (Lipinski definition) is 2. The zero-order chi connectivity index (χ0) is 10.3. The summed E-state index contributed by atoms with van der Waals surface area (Å²) in [6.07, 6.45) is 5.13. The van der Waals surface area contributed by atoms with Gasteiger partial charge in [0.25, 0.3) is 0 Å². The molecule has 0 fully saturated rings. The quantitative estimate of drug-likeness (QED) is 0.490. The number of terminal acetylenes is 1. The van der Waals surface area contributed by atoms with Crippen molar-refractivity contribution in [1.82, 2.24) is 10.2 Å². The highest BCUT2D eigenvalue weighted by Gasteiger charge is 2.11. The van der Waals surface area contributed by atoms with Gasteiger partial charge in [0, 0.05) is 19.1 Å². The second-order valence-electron chi connectivity index (χ2n) is 3.85. The van der Waals surface area contributed by atoms with E-state index in [9.17, 15) is 0 Å². The Morgan fingerprint density at radius 1 is 1.38 bits per heavy atom. The van der Waals surface area contributed by atoms with Crippen LogP contribution in [0.3, 0.4) is 0 Å². The van der Waals surface area contributed by atoms with E-state index in [2.05, 4.69) is 44.0 Å². The second-order valence-corrected chi connectivity index (χ2v) is 3.85. The number of nitrogens with zero attached hydrogens (tertiary/aromatic N) is 1. The molecule has 1 N–H and O–H groups in total. The molecule has 0 aliphatic heterocycles. The molecule has 0 rings (SSSR count). The summed E-state index contributed by atoms with van der Waals surface area (Å²) in [4.78, 5) is 2.36. The van der Waals surface area contributed by atoms with E-state index in [4.69, 9.17) is 6.42 Å². The van der Waals surface area contributed by atoms with Gasteiger partial charge in [-0.1, -0.05) is 19.8 Å². The van der Waals surface area contributed by atoms with E-state index in [0.717, 1.165) is 13.1 Å². The molecule has 0 aromatic carbocycles. The molecule has 0 amide bonds. The molecule has 2 heteroatoms. The standard InChI is InChI=1S/C11H22N2/c1-6-7-12-8-9-13(5)11(4)10(2)3/h1,10-12H,7-9H2,2-5H3. The molecule has 0 bridgehead atoms. The minimum absolute atomic E-state index is 0.632. The molecule has 0 saturated heterocycles. The Bertz CT molecular complexity index is 158. The first-order chi connectivity index (χ1) is 6.09. The number of rotatable bonds is 6. The molecule has 0 heterocycles. The number of nitrogens with one attached hydrogen (secondary N) is 1. The minimum Gasteiger partial charge on any atom is -0.305 e. The molecule has 0 saturated carbocycles. The fraction of sp³-hybridized carbons (Fsp3) is 0.818. The van der Waals surface area contributed by atoms with Crippen LogP contribution >= 0.6 is 0 Å². The average molecular weight is 182 g/mol. The Hall–Kier alpha value is -0.520. The Balaban J connectivity index is 3.51. The van der Waals surface area contributed by atoms with Crippen molar-refractivity contribution in [1.29, 1.82) is 0 Å². The van der Waals surface area contributed by atoms with Crippen LogP contribution in [0.4, 0.5) is 0 Å². The molecule has 1 unspecified atom stereocenters. The lowest BCUT2D eigenvalue weighted by Crippen LogP contribution is -2.38. The smallest absolute Gasteiger partial charge is 0.0574 e. The Morgan fingerprint density at radius 3 is 2.46 bits per heavy atom. The third kappa shape index (κ3) is 5.68. The molecule has 13 heavy (non-hydrogen) atoms. The molecular weight excluding hydrogens is 160 g/mol. The molecular formula is C11H22N2. The summed E-state index contributed by atoms with van der Waals surface area (Å²) in [5.41, 5.74) is 0. The third-order valence-corrected chi connectivity index (χ3v) is 2.53. The fourth-order valence-electron chi connectivity index (χ4n) is 1.13. The van der Waals surface area contributed by atoms with Gasteiger partial charge >= 0.3 is 0 Å². The van der Waals surface area contributed by atoms with Gasteiger partial charge in [-0.25, -0.2) is 0 Å². The van der Waals surface area contributed by atoms with Crippen LogP contribution < -0.4 is 5.32 Å². The molecule has 2 nitrogen and oxygen atoms in total. The second kappa shape index (κ2) is 6.94. The average Bonchev–Trinajstić information content (AvgIpc) is 2.10. The van der Waals surface area contributed by atoms with Crippen LogP contribution in [-0.4, -0.2) is 37.6 Å². The van der Waals surface area contributed by atoms with Gasteiger partial charge in [-0.05, 0) is 19.9 Å². The van der Waals surface area contributed by atoms with Crippen LogP contribution in [-0.2, 0) is 0 Å². The monoisotopic (exact) mass is 182 g/mol. The zero-order valence-corrected chi connectivity index (χ0v) is 9.30. The summed E-state index contributed by atoms with van der Waals surface area (Å²) in [7, 11) is 2.15. The van der Waals surface area contributed by atoms with Crippen molar-refractivity contribution in [3.63, 3.8) is 0 Å². The van der Waals surface area contributed by atoms with Gasteiger partial charge in [-0.2, -0.15) is 0 Å². The van der Waals surface area contributed by atoms with E-state index in [0.29, 0.717) is 18.5 Å². The van der Waals surface area contributed by atoms with Crippen molar-refractivity contribution in [3.05, 3.63) is 0 Å². The van der Waals surface area contributed by atoms with Crippen LogP contribution in [0.25, 0.3) is 0 Å². The summed E-state index contributed by atoms with van der Waals surface area (Å²) in [6.45, 7) is 9.45. The van der Waals surface area contributed by atoms with E-state index < -0.39 is 0 Å². The summed E-state index contributed by atoms with van der Waals surface area (Å²) < 4.78 is 0. The maximum atomic E-state index is 5.13. The predicted molar refractivity (Wildman–Crippen MR) is 58.6 cm³/mol. The lowest BCUT2D eigenvalue weighted by molar-refractivity contribution is 0.209. The summed E-state index contributed by atoms with van der Waals surface area (Å²) in [5.74, 6) is 3.27. The molecule has 0 aromatic rings. The largest absolute Gasteiger partial charge is 0.305 e. The van der Waals surface area contributed by atoms with E-state index in [1.165, 1.54) is 0 Å². The van der Waals surface area contributed by atoms with Crippen LogP contribution in [0.1, 0.15) is 20.8 Å². The van der Waals surface area contributed by atoms with Gasteiger partial charge in [-0.3, -0.25) is 0 Å². The van der Waals surface area contributed by atoms with Crippen molar-refractivity contribution in [3.8, 4) is 12.3 Å². The number of hydrogen-bond donors (Lipinski definition) is 1. The molecule has 0 aliphatic carbocycles. The SMILES string of the molecule is C#CCNCCN(C)C(C)C(C)C. The molecule has 0 spiro atoms. The molecule has 0 aliphatic rings. The van der Waals surface area contributed by atoms with Crippen LogP contribution in [0.2, 0.25) is 0 Å². The molecule has 0 aromatic heterocycles. The Kier molecular flexibility index (Phi) is 6.66. The van der Waals surface area contributed by atoms with E-state index in [1.54, 1.807) is 0 Å². The molecule has 1 atom stereocenters. The molecule has 0 radical (unpaired) electrons. The van der Waals surface area contributed by atoms with Crippen LogP contribution in [0.15, 0.2) is 0 Å². The van der Waals surface area contributed by atoms with Crippen molar-refractivity contribution in [2.75, 3.05) is 26.7 Å². The Labute approximate surface area is 82.7 Å². The van der Waals surface area contributed by atoms with Gasteiger partial charge in [-0.15, -0.1) is 6.42 Å². The van der Waals surface area contributed by atoms with E-state index in [-0.39, 0.29) is 0 Å². The maximum absolute atomic E-state index is 5.13. The zero-order valence-electron chi connectivity index (χ0n) is 9.30. The van der Waals surface area contributed by atoms with Gasteiger partial charge in [0.1, 0.15) is 0 Å². The van der Waals surface area contributed by atoms with Gasteiger partial charge in [0.2, 0.25) is 0 Å². The predicted octanol–water partition coefficient (Wildman–Crippen LogP) is 1.19. The van der Waals surface area contributed by atoms with Gasteiger partial charge < -0.3 is 10.2 Å². The lowest BCUT2D eigenvalue weighted by Gasteiger charge is -2.27. The van der Waals surface area contributed by atoms with Gasteiger partial charge in [0.05, 0.1) is 6.54 Å².